The summed E-state index contributed by atoms with van der Waals surface area (Å²) in [5, 5.41) is 0. The Bertz CT molecular complexity index is 628. The van der Waals surface area contributed by atoms with E-state index < -0.39 is 0 Å². The molecule has 0 aliphatic rings. The molecule has 1 rings (SSSR count). The van der Waals surface area contributed by atoms with Crippen molar-refractivity contribution >= 4 is 0 Å². The zero-order chi connectivity index (χ0) is 23.7. The van der Waals surface area contributed by atoms with E-state index in [4.69, 9.17) is 4.74 Å². The van der Waals surface area contributed by atoms with Crippen LogP contribution in [-0.2, 0) is 16.6 Å². The van der Waals surface area contributed by atoms with Crippen molar-refractivity contribution in [3.05, 3.63) is 71.5 Å². The zero-order valence-corrected chi connectivity index (χ0v) is 21.7. The zero-order valence-electron chi connectivity index (χ0n) is 21.7. The van der Waals surface area contributed by atoms with Crippen LogP contribution < -0.4 is 0 Å². The number of hydrogen-bond donors (Lipinski definition) is 0. The van der Waals surface area contributed by atoms with Gasteiger partial charge in [-0.3, -0.25) is 0 Å². The van der Waals surface area contributed by atoms with Gasteiger partial charge in [-0.15, -0.1) is 0 Å². The van der Waals surface area contributed by atoms with Crippen LogP contribution in [0.3, 0.4) is 0 Å². The second kappa shape index (κ2) is 17.0. The molecule has 0 heterocycles. The van der Waals surface area contributed by atoms with Crippen molar-refractivity contribution in [2.45, 2.75) is 106 Å². The topological polar surface area (TPSA) is 9.23 Å². The Balaban J connectivity index is 0. The molecule has 0 unspecified atom stereocenters. The molecule has 0 saturated heterocycles. The number of aryl methyl sites for hydroxylation is 2. The monoisotopic (exact) mass is 414 g/mol. The third kappa shape index (κ3) is 13.5. The van der Waals surface area contributed by atoms with Gasteiger partial charge in [-0.1, -0.05) is 98.4 Å². The minimum atomic E-state index is 0.195. The van der Waals surface area contributed by atoms with Crippen molar-refractivity contribution in [1.29, 1.82) is 0 Å². The Hall–Kier alpha value is -1.76. The summed E-state index contributed by atoms with van der Waals surface area (Å²) in [6.07, 6.45) is 8.38. The summed E-state index contributed by atoms with van der Waals surface area (Å²) in [6.45, 7) is 31.7. The predicted molar refractivity (Wildman–Crippen MR) is 139 cm³/mol. The summed E-state index contributed by atoms with van der Waals surface area (Å²) in [5.74, 6) is 0.905. The standard InChI is InChI=1S/C19H30O.C8H14.C2H6/c1-8-11-20-15(3)9-10-17-12-14(2)16(4)18(13-17)19(5,6)7;1-4-6-7-8(3)5-2;1-2/h12-13H,3,8-11H2,1-2,4-7H3;5H,2-4,6-7H2,1H3;1-2H3. The number of benzene rings is 1. The first kappa shape index (κ1) is 30.4. The van der Waals surface area contributed by atoms with E-state index in [9.17, 15) is 0 Å². The van der Waals surface area contributed by atoms with Crippen molar-refractivity contribution < 1.29 is 4.74 Å². The van der Waals surface area contributed by atoms with Gasteiger partial charge in [-0.2, -0.15) is 0 Å². The number of allylic oxidation sites excluding steroid dienone is 3. The summed E-state index contributed by atoms with van der Waals surface area (Å²) in [6, 6.07) is 4.66. The van der Waals surface area contributed by atoms with Gasteiger partial charge in [0, 0.05) is 6.42 Å². The molecule has 0 amide bonds. The van der Waals surface area contributed by atoms with Crippen molar-refractivity contribution in [3.63, 3.8) is 0 Å². The van der Waals surface area contributed by atoms with E-state index >= 15 is 0 Å². The van der Waals surface area contributed by atoms with Crippen LogP contribution in [0.1, 0.15) is 103 Å². The highest BCUT2D eigenvalue weighted by molar-refractivity contribution is 5.41. The highest BCUT2D eigenvalue weighted by atomic mass is 16.5. The van der Waals surface area contributed by atoms with Gasteiger partial charge in [-0.05, 0) is 67.2 Å². The molecule has 0 N–H and O–H groups in total. The molecular formula is C29H50O. The largest absolute Gasteiger partial charge is 0.499 e. The molecule has 0 aromatic heterocycles. The fourth-order valence-electron chi connectivity index (χ4n) is 2.97. The Morgan fingerprint density at radius 2 is 1.60 bits per heavy atom. The van der Waals surface area contributed by atoms with Gasteiger partial charge in [0.1, 0.15) is 0 Å². The Labute approximate surface area is 189 Å². The SMILES string of the molecule is C=C(CCc1cc(C)c(C)c(C(C)(C)C)c1)OCCC.C=CC(=C)CCCC.CC. The summed E-state index contributed by atoms with van der Waals surface area (Å²) in [4.78, 5) is 0. The number of hydrogen-bond acceptors (Lipinski definition) is 1. The molecule has 0 radical (unpaired) electrons. The van der Waals surface area contributed by atoms with Crippen LogP contribution in [0.25, 0.3) is 0 Å². The molecule has 0 saturated carbocycles. The number of ether oxygens (including phenoxy) is 1. The molecule has 0 aliphatic heterocycles. The van der Waals surface area contributed by atoms with Crippen LogP contribution in [0.5, 0.6) is 0 Å². The third-order valence-corrected chi connectivity index (χ3v) is 4.88. The second-order valence-corrected chi connectivity index (χ2v) is 8.69. The van der Waals surface area contributed by atoms with Crippen LogP contribution in [-0.4, -0.2) is 6.61 Å². The molecule has 1 aromatic carbocycles. The highest BCUT2D eigenvalue weighted by Crippen LogP contribution is 2.29. The van der Waals surface area contributed by atoms with Gasteiger partial charge in [0.2, 0.25) is 0 Å². The van der Waals surface area contributed by atoms with E-state index in [2.05, 4.69) is 80.3 Å². The number of unbranched alkanes of at least 4 members (excludes halogenated alkanes) is 1. The molecule has 172 valence electrons. The summed E-state index contributed by atoms with van der Waals surface area (Å²) in [7, 11) is 0. The first-order chi connectivity index (χ1) is 14.1. The van der Waals surface area contributed by atoms with Crippen LogP contribution >= 0.6 is 0 Å². The molecule has 1 nitrogen and oxygen atoms in total. The Kier molecular flexibility index (Phi) is 17.2. The maximum Gasteiger partial charge on any atom is 0.0891 e. The maximum absolute atomic E-state index is 5.57. The lowest BCUT2D eigenvalue weighted by atomic mass is 9.81. The molecule has 0 spiro atoms. The van der Waals surface area contributed by atoms with Gasteiger partial charge in [0.05, 0.1) is 12.4 Å². The van der Waals surface area contributed by atoms with Crippen molar-refractivity contribution in [2.24, 2.45) is 0 Å². The van der Waals surface area contributed by atoms with Crippen molar-refractivity contribution in [2.75, 3.05) is 6.61 Å². The van der Waals surface area contributed by atoms with E-state index in [0.29, 0.717) is 0 Å². The van der Waals surface area contributed by atoms with E-state index in [-0.39, 0.29) is 5.41 Å². The maximum atomic E-state index is 5.57. The normalized spacial score (nSPS) is 10.2. The van der Waals surface area contributed by atoms with E-state index in [1.54, 1.807) is 0 Å². The van der Waals surface area contributed by atoms with Crippen LogP contribution in [0.2, 0.25) is 0 Å². The molecular weight excluding hydrogens is 364 g/mol. The third-order valence-electron chi connectivity index (χ3n) is 4.88. The summed E-state index contributed by atoms with van der Waals surface area (Å²) >= 11 is 0. The van der Waals surface area contributed by atoms with E-state index in [1.807, 2.05) is 19.9 Å². The van der Waals surface area contributed by atoms with Crippen LogP contribution in [0.4, 0.5) is 0 Å². The minimum Gasteiger partial charge on any atom is -0.499 e. The fourth-order valence-corrected chi connectivity index (χ4v) is 2.97. The van der Waals surface area contributed by atoms with Crippen LogP contribution in [0, 0.1) is 13.8 Å². The lowest BCUT2D eigenvalue weighted by Crippen LogP contribution is -2.14. The van der Waals surface area contributed by atoms with E-state index in [1.165, 1.54) is 35.1 Å². The Morgan fingerprint density at radius 3 is 2.07 bits per heavy atom. The van der Waals surface area contributed by atoms with Gasteiger partial charge >= 0.3 is 0 Å². The molecule has 0 atom stereocenters. The molecule has 0 fully saturated rings. The minimum absolute atomic E-state index is 0.195. The molecule has 30 heavy (non-hydrogen) atoms. The lowest BCUT2D eigenvalue weighted by Gasteiger charge is -2.24. The average molecular weight is 415 g/mol. The fraction of sp³-hybridized carbons (Fsp3) is 0.586. The van der Waals surface area contributed by atoms with Crippen molar-refractivity contribution in [1.82, 2.24) is 0 Å². The van der Waals surface area contributed by atoms with E-state index in [0.717, 1.165) is 43.6 Å². The highest BCUT2D eigenvalue weighted by Gasteiger charge is 2.18. The summed E-state index contributed by atoms with van der Waals surface area (Å²) < 4.78 is 5.57. The van der Waals surface area contributed by atoms with Gasteiger partial charge in [0.15, 0.2) is 0 Å². The average Bonchev–Trinajstić information content (AvgIpc) is 2.72. The quantitative estimate of drug-likeness (QED) is 0.273. The molecule has 0 bridgehead atoms. The smallest absolute Gasteiger partial charge is 0.0891 e. The Morgan fingerprint density at radius 1 is 1.00 bits per heavy atom. The van der Waals surface area contributed by atoms with Gasteiger partial charge in [0.25, 0.3) is 0 Å². The first-order valence-electron chi connectivity index (χ1n) is 11.8. The molecule has 1 heteroatoms. The lowest BCUT2D eigenvalue weighted by molar-refractivity contribution is 0.204. The summed E-state index contributed by atoms with van der Waals surface area (Å²) in [5.41, 5.74) is 6.99. The van der Waals surface area contributed by atoms with Crippen molar-refractivity contribution in [3.8, 4) is 0 Å². The first-order valence-corrected chi connectivity index (χ1v) is 11.8. The van der Waals surface area contributed by atoms with Gasteiger partial charge < -0.3 is 4.74 Å². The predicted octanol–water partition coefficient (Wildman–Crippen LogP) is 9.42. The molecule has 0 aliphatic carbocycles. The van der Waals surface area contributed by atoms with Crippen LogP contribution in [0.15, 0.2) is 49.3 Å². The molecule has 1 aromatic rings. The van der Waals surface area contributed by atoms with Gasteiger partial charge in [-0.25, -0.2) is 0 Å². The second-order valence-electron chi connectivity index (χ2n) is 8.69. The number of rotatable bonds is 10.